The van der Waals surface area contributed by atoms with Gasteiger partial charge < -0.3 is 4.74 Å². The van der Waals surface area contributed by atoms with Gasteiger partial charge in [-0.3, -0.25) is 0 Å². The van der Waals surface area contributed by atoms with Crippen LogP contribution in [0.5, 0.6) is 0 Å². The van der Waals surface area contributed by atoms with E-state index in [1.54, 1.807) is 26.8 Å². The molecule has 0 bridgehead atoms. The number of halogens is 2. The van der Waals surface area contributed by atoms with E-state index in [-0.39, 0.29) is 11.3 Å². The van der Waals surface area contributed by atoms with Gasteiger partial charge in [-0.1, -0.05) is 12.1 Å². The SMILES string of the molecule is CC(C)(C)OC(=O)[N+]1(F)C(S(=O)(=O)Cl)=Cc2ccccc21. The van der Waals surface area contributed by atoms with Crippen LogP contribution in [0.3, 0.4) is 0 Å². The highest BCUT2D eigenvalue weighted by molar-refractivity contribution is 8.17. The smallest absolute Gasteiger partial charge is 0.411 e. The minimum Gasteiger partial charge on any atom is -0.411 e. The number of ether oxygens (including phenoxy) is 1. The first kappa shape index (κ1) is 15.9. The highest BCUT2D eigenvalue weighted by atomic mass is 35.7. The number of para-hydroxylation sites is 1. The quantitative estimate of drug-likeness (QED) is 0.580. The Morgan fingerprint density at radius 2 is 1.86 bits per heavy atom. The number of rotatable bonds is 1. The van der Waals surface area contributed by atoms with Crippen molar-refractivity contribution in [2.45, 2.75) is 26.4 Å². The minimum atomic E-state index is -4.45. The second-order valence-electron chi connectivity index (χ2n) is 5.55. The van der Waals surface area contributed by atoms with Crippen LogP contribution in [-0.2, 0) is 13.8 Å². The average molecular weight is 335 g/mol. The second kappa shape index (κ2) is 4.79. The van der Waals surface area contributed by atoms with Crippen LogP contribution in [0.1, 0.15) is 26.3 Å². The number of carbonyl (C=O) groups is 1. The molecule has 1 aliphatic rings. The summed E-state index contributed by atoms with van der Waals surface area (Å²) in [5.74, 6) is 0. The first-order valence-electron chi connectivity index (χ1n) is 6.05. The fourth-order valence-electron chi connectivity index (χ4n) is 1.96. The van der Waals surface area contributed by atoms with Gasteiger partial charge in [0.05, 0.1) is 0 Å². The molecule has 1 aromatic rings. The number of carbonyl (C=O) groups excluding carboxylic acids is 1. The maximum Gasteiger partial charge on any atom is 0.567 e. The zero-order valence-electron chi connectivity index (χ0n) is 11.6. The Balaban J connectivity index is 2.62. The Labute approximate surface area is 126 Å². The van der Waals surface area contributed by atoms with E-state index in [0.29, 0.717) is 0 Å². The van der Waals surface area contributed by atoms with Crippen molar-refractivity contribution in [3.63, 3.8) is 0 Å². The van der Waals surface area contributed by atoms with Crippen molar-refractivity contribution in [1.29, 1.82) is 0 Å². The van der Waals surface area contributed by atoms with Gasteiger partial charge in [0.2, 0.25) is 0 Å². The summed E-state index contributed by atoms with van der Waals surface area (Å²) < 4.78 is 41.4. The molecule has 0 saturated carbocycles. The van der Waals surface area contributed by atoms with Crippen molar-refractivity contribution in [3.8, 4) is 0 Å². The van der Waals surface area contributed by atoms with Crippen LogP contribution in [0.25, 0.3) is 6.08 Å². The molecule has 0 fully saturated rings. The number of amides is 1. The van der Waals surface area contributed by atoms with Crippen molar-refractivity contribution >= 4 is 37.6 Å². The monoisotopic (exact) mass is 334 g/mol. The molecule has 0 spiro atoms. The lowest BCUT2D eigenvalue weighted by atomic mass is 10.2. The Morgan fingerprint density at radius 1 is 1.29 bits per heavy atom. The van der Waals surface area contributed by atoms with E-state index in [1.165, 1.54) is 18.2 Å². The van der Waals surface area contributed by atoms with Gasteiger partial charge in [-0.25, -0.2) is 8.42 Å². The van der Waals surface area contributed by atoms with Gasteiger partial charge in [-0.05, 0) is 26.8 Å². The highest BCUT2D eigenvalue weighted by Crippen LogP contribution is 2.45. The zero-order chi connectivity index (χ0) is 16.1. The lowest BCUT2D eigenvalue weighted by Gasteiger charge is -2.24. The first-order chi connectivity index (χ1) is 9.46. The van der Waals surface area contributed by atoms with Crippen molar-refractivity contribution in [1.82, 2.24) is 4.71 Å². The third-order valence-electron chi connectivity index (χ3n) is 2.75. The molecule has 1 atom stereocenters. The molecule has 2 rings (SSSR count). The normalized spacial score (nSPS) is 21.7. The van der Waals surface area contributed by atoms with Gasteiger partial charge in [0.1, 0.15) is 5.60 Å². The molecule has 0 radical (unpaired) electrons. The molecular formula is C13H14ClFNO4S+. The number of hydrogen-bond acceptors (Lipinski definition) is 4. The number of benzene rings is 1. The number of nitrogens with zero attached hydrogens (tertiary/aromatic N) is 1. The van der Waals surface area contributed by atoms with Crippen LogP contribution >= 0.6 is 10.7 Å². The lowest BCUT2D eigenvalue weighted by Crippen LogP contribution is -2.48. The van der Waals surface area contributed by atoms with Crippen molar-refractivity contribution in [2.24, 2.45) is 0 Å². The molecule has 0 N–H and O–H groups in total. The predicted octanol–water partition coefficient (Wildman–Crippen LogP) is 3.69. The molecule has 5 nitrogen and oxygen atoms in total. The molecule has 8 heteroatoms. The van der Waals surface area contributed by atoms with E-state index in [9.17, 15) is 13.2 Å². The predicted molar refractivity (Wildman–Crippen MR) is 78.3 cm³/mol. The number of hydrogen-bond donors (Lipinski definition) is 0. The Hall–Kier alpha value is -1.44. The molecular weight excluding hydrogens is 321 g/mol. The highest BCUT2D eigenvalue weighted by Gasteiger charge is 2.59. The van der Waals surface area contributed by atoms with Crippen LogP contribution in [0.15, 0.2) is 29.3 Å². The van der Waals surface area contributed by atoms with Crippen LogP contribution in [0, 0.1) is 0 Å². The molecule has 1 aliphatic heterocycles. The van der Waals surface area contributed by atoms with E-state index in [2.05, 4.69) is 0 Å². The number of quaternary nitrogens is 1. The summed E-state index contributed by atoms with van der Waals surface area (Å²) in [7, 11) is 0.821. The largest absolute Gasteiger partial charge is 0.567 e. The summed E-state index contributed by atoms with van der Waals surface area (Å²) in [5, 5.41) is -0.875. The molecule has 1 unspecified atom stereocenters. The van der Waals surface area contributed by atoms with E-state index in [1.807, 2.05) is 0 Å². The van der Waals surface area contributed by atoms with Gasteiger partial charge in [0, 0.05) is 37.6 Å². The molecule has 0 saturated heterocycles. The zero-order valence-corrected chi connectivity index (χ0v) is 13.2. The second-order valence-corrected chi connectivity index (χ2v) is 8.06. The molecule has 21 heavy (non-hydrogen) atoms. The fourth-order valence-corrected chi connectivity index (χ4v) is 3.12. The van der Waals surface area contributed by atoms with Gasteiger partial charge >= 0.3 is 15.1 Å². The summed E-state index contributed by atoms with van der Waals surface area (Å²) in [6, 6.07) is 5.89. The van der Waals surface area contributed by atoms with Gasteiger partial charge in [0.25, 0.3) is 5.03 Å². The summed E-state index contributed by atoms with van der Waals surface area (Å²) in [6.45, 7) is 4.66. The van der Waals surface area contributed by atoms with E-state index in [4.69, 9.17) is 15.4 Å². The summed E-state index contributed by atoms with van der Waals surface area (Å²) in [6.07, 6.45) is -0.329. The topological polar surface area (TPSA) is 60.4 Å². The van der Waals surface area contributed by atoms with Crippen LogP contribution < -0.4 is 4.71 Å². The van der Waals surface area contributed by atoms with Gasteiger partial charge in [-0.15, -0.1) is 0 Å². The number of fused-ring (bicyclic) bond motifs is 1. The maximum absolute atomic E-state index is 15.3. The molecule has 0 aromatic heterocycles. The molecule has 1 aromatic carbocycles. The first-order valence-corrected chi connectivity index (χ1v) is 8.36. The summed E-state index contributed by atoms with van der Waals surface area (Å²) in [5.41, 5.74) is -0.872. The van der Waals surface area contributed by atoms with Crippen LogP contribution in [0.2, 0.25) is 0 Å². The Morgan fingerprint density at radius 3 is 2.38 bits per heavy atom. The molecule has 114 valence electrons. The molecule has 0 aliphatic carbocycles. The fraction of sp³-hybridized carbons (Fsp3) is 0.308. The minimum absolute atomic E-state index is 0.147. The van der Waals surface area contributed by atoms with E-state index < -0.39 is 30.5 Å². The van der Waals surface area contributed by atoms with Crippen molar-refractivity contribution in [3.05, 3.63) is 34.9 Å². The Bertz CT molecular complexity index is 739. The van der Waals surface area contributed by atoms with Crippen molar-refractivity contribution in [2.75, 3.05) is 0 Å². The van der Waals surface area contributed by atoms with E-state index >= 15 is 4.48 Å². The molecule has 1 amide bonds. The average Bonchev–Trinajstić information content (AvgIpc) is 2.63. The van der Waals surface area contributed by atoms with Crippen molar-refractivity contribution < 1.29 is 22.4 Å². The molecule has 1 heterocycles. The third-order valence-corrected chi connectivity index (χ3v) is 4.09. The summed E-state index contributed by atoms with van der Waals surface area (Å²) in [4.78, 5) is 12.2. The standard InChI is InChI=1S/C13H14ClFNO4S/c1-13(2,3)20-12(17)16(15)10-7-5-4-6-9(10)8-11(16)21(14,18)19/h4-8H,1-3H3/q+1. The van der Waals surface area contributed by atoms with Crippen LogP contribution in [-0.4, -0.2) is 20.1 Å². The summed E-state index contributed by atoms with van der Waals surface area (Å²) >= 11 is 0. The lowest BCUT2D eigenvalue weighted by molar-refractivity contribution is -0.00585. The van der Waals surface area contributed by atoms with Crippen LogP contribution in [0.4, 0.5) is 15.0 Å². The van der Waals surface area contributed by atoms with Gasteiger partial charge in [-0.2, -0.15) is 4.79 Å². The van der Waals surface area contributed by atoms with Gasteiger partial charge in [0.15, 0.2) is 5.69 Å². The Kier molecular flexibility index (Phi) is 3.64. The third kappa shape index (κ3) is 2.81. The van der Waals surface area contributed by atoms with E-state index in [0.717, 1.165) is 6.08 Å². The maximum atomic E-state index is 15.3.